The molecular formula is C13H19NO4S. The summed E-state index contributed by atoms with van der Waals surface area (Å²) in [4.78, 5) is 13.8. The number of hydrogen-bond donors (Lipinski definition) is 1. The van der Waals surface area contributed by atoms with Crippen LogP contribution in [0.3, 0.4) is 0 Å². The Morgan fingerprint density at radius 3 is 2.37 bits per heavy atom. The zero-order valence-corrected chi connectivity index (χ0v) is 12.4. The predicted molar refractivity (Wildman–Crippen MR) is 75.1 cm³/mol. The molecule has 6 heteroatoms. The van der Waals surface area contributed by atoms with Gasteiger partial charge in [0, 0.05) is 24.6 Å². The zero-order valence-electron chi connectivity index (χ0n) is 11.5. The van der Waals surface area contributed by atoms with Crippen LogP contribution in [0.5, 0.6) is 5.75 Å². The Hall–Kier alpha value is -1.56. The number of carbonyl (C=O) groups is 1. The number of benzene rings is 1. The third-order valence-electron chi connectivity index (χ3n) is 3.14. The van der Waals surface area contributed by atoms with Gasteiger partial charge in [0.15, 0.2) is 9.84 Å². The van der Waals surface area contributed by atoms with E-state index in [0.29, 0.717) is 12.2 Å². The highest BCUT2D eigenvalue weighted by molar-refractivity contribution is 7.92. The van der Waals surface area contributed by atoms with Crippen molar-refractivity contribution in [2.45, 2.75) is 25.5 Å². The van der Waals surface area contributed by atoms with E-state index >= 15 is 0 Å². The summed E-state index contributed by atoms with van der Waals surface area (Å²) in [5.41, 5.74) is 0.476. The zero-order chi connectivity index (χ0) is 14.8. The van der Waals surface area contributed by atoms with Crippen molar-refractivity contribution >= 4 is 21.4 Å². The molecule has 0 aliphatic rings. The molecule has 19 heavy (non-hydrogen) atoms. The van der Waals surface area contributed by atoms with E-state index in [4.69, 9.17) is 0 Å². The first kappa shape index (κ1) is 15.5. The van der Waals surface area contributed by atoms with Crippen LogP contribution in [-0.2, 0) is 14.6 Å². The van der Waals surface area contributed by atoms with Gasteiger partial charge in [-0.2, -0.15) is 0 Å². The summed E-state index contributed by atoms with van der Waals surface area (Å²) in [5.74, 6) is -0.482. The number of nitrogens with zero attached hydrogens (tertiary/aromatic N) is 1. The van der Waals surface area contributed by atoms with Crippen molar-refractivity contribution in [1.82, 2.24) is 0 Å². The predicted octanol–water partition coefficient (Wildman–Crippen LogP) is 1.57. The van der Waals surface area contributed by atoms with Gasteiger partial charge in [-0.3, -0.25) is 4.79 Å². The molecule has 0 aliphatic carbocycles. The van der Waals surface area contributed by atoms with Gasteiger partial charge in [-0.05, 0) is 32.9 Å². The summed E-state index contributed by atoms with van der Waals surface area (Å²) >= 11 is 0. The summed E-state index contributed by atoms with van der Waals surface area (Å²) in [6.45, 7) is 4.84. The molecule has 106 valence electrons. The highest BCUT2D eigenvalue weighted by Crippen LogP contribution is 2.25. The second kappa shape index (κ2) is 5.21. The highest BCUT2D eigenvalue weighted by Gasteiger charge is 2.41. The Morgan fingerprint density at radius 1 is 1.37 bits per heavy atom. The lowest BCUT2D eigenvalue weighted by molar-refractivity contribution is -0.120. The van der Waals surface area contributed by atoms with Gasteiger partial charge in [0.1, 0.15) is 10.5 Å². The Bertz CT molecular complexity index is 578. The Balaban J connectivity index is 3.22. The number of aromatic hydroxyl groups is 1. The molecule has 0 saturated carbocycles. The summed E-state index contributed by atoms with van der Waals surface area (Å²) in [5, 5.41) is 9.45. The summed E-state index contributed by atoms with van der Waals surface area (Å²) in [6.07, 6.45) is 1.04. The summed E-state index contributed by atoms with van der Waals surface area (Å²) < 4.78 is 21.9. The number of anilines is 1. The Kier molecular flexibility index (Phi) is 4.25. The van der Waals surface area contributed by atoms with Gasteiger partial charge in [-0.15, -0.1) is 0 Å². The number of phenolic OH excluding ortho intramolecular Hbond substituents is 1. The summed E-state index contributed by atoms with van der Waals surface area (Å²) in [6, 6.07) is 6.18. The molecule has 1 aromatic carbocycles. The number of phenols is 1. The Labute approximate surface area is 113 Å². The number of carbonyl (C=O) groups excluding carboxylic acids is 1. The molecule has 0 fully saturated rings. The smallest absolute Gasteiger partial charge is 0.247 e. The van der Waals surface area contributed by atoms with Crippen LogP contribution in [0.25, 0.3) is 0 Å². The first-order valence-electron chi connectivity index (χ1n) is 5.92. The second-order valence-corrected chi connectivity index (χ2v) is 7.42. The SMILES string of the molecule is CCN(C(=O)C(C)(C)S(C)(=O)=O)c1cccc(O)c1. The molecule has 0 aromatic heterocycles. The molecule has 1 amide bonds. The minimum Gasteiger partial charge on any atom is -0.508 e. The van der Waals surface area contributed by atoms with Crippen LogP contribution >= 0.6 is 0 Å². The first-order chi connectivity index (χ1) is 8.61. The van der Waals surface area contributed by atoms with Crippen molar-refractivity contribution in [2.24, 2.45) is 0 Å². The molecule has 0 saturated heterocycles. The second-order valence-electron chi connectivity index (χ2n) is 4.85. The topological polar surface area (TPSA) is 74.7 Å². The van der Waals surface area contributed by atoms with Crippen LogP contribution < -0.4 is 4.90 Å². The molecule has 1 aromatic rings. The van der Waals surface area contributed by atoms with Crippen molar-refractivity contribution in [1.29, 1.82) is 0 Å². The van der Waals surface area contributed by atoms with E-state index in [1.54, 1.807) is 19.1 Å². The molecule has 0 atom stereocenters. The van der Waals surface area contributed by atoms with Crippen molar-refractivity contribution in [2.75, 3.05) is 17.7 Å². The van der Waals surface area contributed by atoms with Crippen LogP contribution in [0.2, 0.25) is 0 Å². The van der Waals surface area contributed by atoms with E-state index in [0.717, 1.165) is 6.26 Å². The fourth-order valence-electron chi connectivity index (χ4n) is 1.59. The van der Waals surface area contributed by atoms with E-state index in [2.05, 4.69) is 0 Å². The minimum atomic E-state index is -3.53. The monoisotopic (exact) mass is 285 g/mol. The fourth-order valence-corrected chi connectivity index (χ4v) is 2.02. The van der Waals surface area contributed by atoms with E-state index in [9.17, 15) is 18.3 Å². The molecule has 0 bridgehead atoms. The van der Waals surface area contributed by atoms with Gasteiger partial charge in [0.2, 0.25) is 5.91 Å². The van der Waals surface area contributed by atoms with Crippen LogP contribution in [-0.4, -0.2) is 37.0 Å². The molecule has 1 rings (SSSR count). The largest absolute Gasteiger partial charge is 0.508 e. The third-order valence-corrected chi connectivity index (χ3v) is 5.17. The first-order valence-corrected chi connectivity index (χ1v) is 7.81. The standard InChI is InChI=1S/C13H19NO4S/c1-5-14(10-7-6-8-11(15)9-10)12(16)13(2,3)19(4,17)18/h6-9,15H,5H2,1-4H3. The average Bonchev–Trinajstić information content (AvgIpc) is 2.28. The minimum absolute atomic E-state index is 0.0286. The maximum Gasteiger partial charge on any atom is 0.247 e. The fraction of sp³-hybridized carbons (Fsp3) is 0.462. The van der Waals surface area contributed by atoms with Gasteiger partial charge in [-0.25, -0.2) is 8.42 Å². The lowest BCUT2D eigenvalue weighted by Gasteiger charge is -2.30. The molecule has 0 heterocycles. The highest BCUT2D eigenvalue weighted by atomic mass is 32.2. The van der Waals surface area contributed by atoms with E-state index in [-0.39, 0.29) is 5.75 Å². The van der Waals surface area contributed by atoms with Crippen LogP contribution in [0.4, 0.5) is 5.69 Å². The van der Waals surface area contributed by atoms with Gasteiger partial charge in [0.05, 0.1) is 0 Å². The maximum atomic E-state index is 12.4. The number of amides is 1. The summed E-state index contributed by atoms with van der Waals surface area (Å²) in [7, 11) is -3.53. The molecule has 0 unspecified atom stereocenters. The quantitative estimate of drug-likeness (QED) is 0.911. The van der Waals surface area contributed by atoms with Gasteiger partial charge in [0.25, 0.3) is 0 Å². The van der Waals surface area contributed by atoms with Gasteiger partial charge >= 0.3 is 0 Å². The maximum absolute atomic E-state index is 12.4. The normalized spacial score (nSPS) is 12.2. The molecule has 0 spiro atoms. The van der Waals surface area contributed by atoms with Crippen molar-refractivity contribution in [3.63, 3.8) is 0 Å². The van der Waals surface area contributed by atoms with E-state index in [1.165, 1.54) is 30.9 Å². The van der Waals surface area contributed by atoms with Crippen LogP contribution in [0.1, 0.15) is 20.8 Å². The van der Waals surface area contributed by atoms with Crippen LogP contribution in [0, 0.1) is 0 Å². The number of rotatable bonds is 4. The van der Waals surface area contributed by atoms with E-state index in [1.807, 2.05) is 0 Å². The molecule has 5 nitrogen and oxygen atoms in total. The average molecular weight is 285 g/mol. The van der Waals surface area contributed by atoms with Crippen molar-refractivity contribution in [3.8, 4) is 5.75 Å². The third kappa shape index (κ3) is 3.07. The lowest BCUT2D eigenvalue weighted by Crippen LogP contribution is -2.49. The van der Waals surface area contributed by atoms with Gasteiger partial charge in [-0.1, -0.05) is 6.07 Å². The van der Waals surface area contributed by atoms with Crippen molar-refractivity contribution in [3.05, 3.63) is 24.3 Å². The number of hydrogen-bond acceptors (Lipinski definition) is 4. The molecule has 1 N–H and O–H groups in total. The molecular weight excluding hydrogens is 266 g/mol. The number of sulfone groups is 1. The van der Waals surface area contributed by atoms with Crippen LogP contribution in [0.15, 0.2) is 24.3 Å². The van der Waals surface area contributed by atoms with Gasteiger partial charge < -0.3 is 10.0 Å². The van der Waals surface area contributed by atoms with Crippen molar-refractivity contribution < 1.29 is 18.3 Å². The Morgan fingerprint density at radius 2 is 1.95 bits per heavy atom. The molecule has 0 radical (unpaired) electrons. The molecule has 0 aliphatic heterocycles. The van der Waals surface area contributed by atoms with E-state index < -0.39 is 20.5 Å². The lowest BCUT2D eigenvalue weighted by atomic mass is 10.1.